The summed E-state index contributed by atoms with van der Waals surface area (Å²) in [6, 6.07) is 0.0448. The van der Waals surface area contributed by atoms with Gasteiger partial charge in [-0.25, -0.2) is 12.7 Å². The van der Waals surface area contributed by atoms with Crippen LogP contribution in [-0.4, -0.2) is 37.6 Å². The molecular weight excluding hydrogens is 212 g/mol. The molecule has 2 aliphatic rings. The molecule has 1 saturated heterocycles. The van der Waals surface area contributed by atoms with Crippen molar-refractivity contribution in [2.45, 2.75) is 38.1 Å². The fourth-order valence-electron chi connectivity index (χ4n) is 2.59. The Morgan fingerprint density at radius 2 is 1.87 bits per heavy atom. The van der Waals surface area contributed by atoms with Crippen molar-refractivity contribution in [3.05, 3.63) is 0 Å². The second kappa shape index (κ2) is 4.39. The minimum Gasteiger partial charge on any atom is -0.326 e. The molecule has 1 atom stereocenters. The Morgan fingerprint density at radius 1 is 1.20 bits per heavy atom. The number of hydrogen-bond donors (Lipinski definition) is 1. The first kappa shape index (κ1) is 11.4. The van der Waals surface area contributed by atoms with Crippen LogP contribution in [-0.2, 0) is 10.0 Å². The molecular formula is C10H20N2O2S. The second-order valence-electron chi connectivity index (χ2n) is 4.84. The van der Waals surface area contributed by atoms with E-state index in [0.717, 1.165) is 19.3 Å². The summed E-state index contributed by atoms with van der Waals surface area (Å²) in [5.74, 6) is 0.742. The molecule has 0 amide bonds. The standard InChI is InChI=1S/C10H20N2O2S/c11-10-5-6-12(7-10)15(13,14)8-9-3-1-2-4-9/h9-10H,1-8,11H2. The lowest BCUT2D eigenvalue weighted by molar-refractivity contribution is 0.459. The Morgan fingerprint density at radius 3 is 2.40 bits per heavy atom. The first-order valence-electron chi connectivity index (χ1n) is 5.81. The third-order valence-electron chi connectivity index (χ3n) is 3.50. The van der Waals surface area contributed by atoms with Crippen molar-refractivity contribution in [3.63, 3.8) is 0 Å². The molecule has 15 heavy (non-hydrogen) atoms. The number of sulfonamides is 1. The van der Waals surface area contributed by atoms with Gasteiger partial charge in [0.2, 0.25) is 10.0 Å². The van der Waals surface area contributed by atoms with Gasteiger partial charge in [-0.1, -0.05) is 12.8 Å². The van der Waals surface area contributed by atoms with E-state index in [1.807, 2.05) is 0 Å². The van der Waals surface area contributed by atoms with Crippen LogP contribution in [0.15, 0.2) is 0 Å². The van der Waals surface area contributed by atoms with E-state index in [1.165, 1.54) is 12.8 Å². The zero-order valence-electron chi connectivity index (χ0n) is 9.06. The van der Waals surface area contributed by atoms with Gasteiger partial charge in [0.25, 0.3) is 0 Å². The largest absolute Gasteiger partial charge is 0.326 e. The average molecular weight is 232 g/mol. The van der Waals surface area contributed by atoms with Gasteiger partial charge in [0.05, 0.1) is 5.75 Å². The summed E-state index contributed by atoms with van der Waals surface area (Å²) < 4.78 is 25.6. The highest BCUT2D eigenvalue weighted by Crippen LogP contribution is 2.27. The molecule has 1 unspecified atom stereocenters. The fourth-order valence-corrected chi connectivity index (χ4v) is 4.53. The number of nitrogens with two attached hydrogens (primary N) is 1. The van der Waals surface area contributed by atoms with Crippen molar-refractivity contribution in [3.8, 4) is 0 Å². The molecule has 0 aromatic rings. The van der Waals surface area contributed by atoms with Gasteiger partial charge in [-0.2, -0.15) is 0 Å². The molecule has 5 heteroatoms. The third kappa shape index (κ3) is 2.71. The molecule has 88 valence electrons. The molecule has 0 spiro atoms. The van der Waals surface area contributed by atoms with E-state index in [-0.39, 0.29) is 6.04 Å². The Balaban J connectivity index is 1.94. The zero-order valence-corrected chi connectivity index (χ0v) is 9.88. The monoisotopic (exact) mass is 232 g/mol. The molecule has 2 rings (SSSR count). The second-order valence-corrected chi connectivity index (χ2v) is 6.85. The summed E-state index contributed by atoms with van der Waals surface area (Å²) in [4.78, 5) is 0. The molecule has 2 N–H and O–H groups in total. The van der Waals surface area contributed by atoms with Crippen LogP contribution in [0.2, 0.25) is 0 Å². The van der Waals surface area contributed by atoms with Crippen LogP contribution in [0.1, 0.15) is 32.1 Å². The van der Waals surface area contributed by atoms with Gasteiger partial charge in [-0.15, -0.1) is 0 Å². The SMILES string of the molecule is NC1CCN(S(=O)(=O)CC2CCCC2)C1. The average Bonchev–Trinajstić information content (AvgIpc) is 2.75. The smallest absolute Gasteiger partial charge is 0.214 e. The summed E-state index contributed by atoms with van der Waals surface area (Å²) in [5.41, 5.74) is 5.72. The first-order chi connectivity index (χ1) is 7.08. The maximum atomic E-state index is 12.0. The van der Waals surface area contributed by atoms with Crippen LogP contribution in [0.4, 0.5) is 0 Å². The van der Waals surface area contributed by atoms with E-state index in [2.05, 4.69) is 0 Å². The predicted molar refractivity (Wildman–Crippen MR) is 59.9 cm³/mol. The van der Waals surface area contributed by atoms with Crippen molar-refractivity contribution >= 4 is 10.0 Å². The quantitative estimate of drug-likeness (QED) is 0.772. The van der Waals surface area contributed by atoms with Gasteiger partial charge in [-0.3, -0.25) is 0 Å². The van der Waals surface area contributed by atoms with Crippen LogP contribution >= 0.6 is 0 Å². The molecule has 0 aromatic heterocycles. The molecule has 0 bridgehead atoms. The minimum absolute atomic E-state index is 0.0448. The van der Waals surface area contributed by atoms with Crippen molar-refractivity contribution in [1.29, 1.82) is 0 Å². The number of rotatable bonds is 3. The van der Waals surface area contributed by atoms with E-state index >= 15 is 0 Å². The molecule has 1 aliphatic heterocycles. The highest BCUT2D eigenvalue weighted by Gasteiger charge is 2.32. The normalized spacial score (nSPS) is 30.1. The van der Waals surface area contributed by atoms with Gasteiger partial charge < -0.3 is 5.73 Å². The highest BCUT2D eigenvalue weighted by molar-refractivity contribution is 7.89. The lowest BCUT2D eigenvalue weighted by Crippen LogP contribution is -2.35. The molecule has 0 radical (unpaired) electrons. The molecule has 1 aliphatic carbocycles. The summed E-state index contributed by atoms with van der Waals surface area (Å²) >= 11 is 0. The van der Waals surface area contributed by atoms with Crippen molar-refractivity contribution in [2.24, 2.45) is 11.7 Å². The van der Waals surface area contributed by atoms with E-state index in [4.69, 9.17) is 5.73 Å². The van der Waals surface area contributed by atoms with Crippen molar-refractivity contribution < 1.29 is 8.42 Å². The summed E-state index contributed by atoms with van der Waals surface area (Å²) in [6.45, 7) is 1.14. The van der Waals surface area contributed by atoms with Crippen LogP contribution < -0.4 is 5.73 Å². The Hall–Kier alpha value is -0.130. The molecule has 1 heterocycles. The van der Waals surface area contributed by atoms with Gasteiger partial charge >= 0.3 is 0 Å². The fraction of sp³-hybridized carbons (Fsp3) is 1.00. The predicted octanol–water partition coefficient (Wildman–Crippen LogP) is 0.539. The first-order valence-corrected chi connectivity index (χ1v) is 7.42. The molecule has 2 fully saturated rings. The van der Waals surface area contributed by atoms with E-state index < -0.39 is 10.0 Å². The molecule has 1 saturated carbocycles. The topological polar surface area (TPSA) is 63.4 Å². The highest BCUT2D eigenvalue weighted by atomic mass is 32.2. The van der Waals surface area contributed by atoms with Crippen molar-refractivity contribution in [1.82, 2.24) is 4.31 Å². The van der Waals surface area contributed by atoms with Crippen LogP contribution in [0.25, 0.3) is 0 Å². The van der Waals surface area contributed by atoms with E-state index in [0.29, 0.717) is 24.8 Å². The van der Waals surface area contributed by atoms with Gasteiger partial charge in [0.1, 0.15) is 0 Å². The van der Waals surface area contributed by atoms with Gasteiger partial charge in [-0.05, 0) is 25.2 Å². The van der Waals surface area contributed by atoms with E-state index in [1.54, 1.807) is 4.31 Å². The maximum Gasteiger partial charge on any atom is 0.214 e. The zero-order chi connectivity index (χ0) is 10.9. The van der Waals surface area contributed by atoms with Crippen LogP contribution in [0.3, 0.4) is 0 Å². The van der Waals surface area contributed by atoms with Gasteiger partial charge in [0, 0.05) is 19.1 Å². The lowest BCUT2D eigenvalue weighted by Gasteiger charge is -2.18. The van der Waals surface area contributed by atoms with Gasteiger partial charge in [0.15, 0.2) is 0 Å². The maximum absolute atomic E-state index is 12.0. The Labute approximate surface area is 91.9 Å². The Bertz CT molecular complexity index is 309. The Kier molecular flexibility index (Phi) is 3.33. The third-order valence-corrected chi connectivity index (χ3v) is 5.51. The number of nitrogens with zero attached hydrogens (tertiary/aromatic N) is 1. The van der Waals surface area contributed by atoms with Crippen molar-refractivity contribution in [2.75, 3.05) is 18.8 Å². The summed E-state index contributed by atoms with van der Waals surface area (Å²) in [6.07, 6.45) is 5.36. The van der Waals surface area contributed by atoms with Crippen LogP contribution in [0, 0.1) is 5.92 Å². The lowest BCUT2D eigenvalue weighted by atomic mass is 10.1. The van der Waals surface area contributed by atoms with E-state index in [9.17, 15) is 8.42 Å². The summed E-state index contributed by atoms with van der Waals surface area (Å²) in [7, 11) is -3.02. The molecule has 0 aromatic carbocycles. The summed E-state index contributed by atoms with van der Waals surface area (Å²) in [5, 5.41) is 0. The minimum atomic E-state index is -3.02. The molecule has 4 nitrogen and oxygen atoms in total. The number of hydrogen-bond acceptors (Lipinski definition) is 3. The van der Waals surface area contributed by atoms with Crippen LogP contribution in [0.5, 0.6) is 0 Å².